The van der Waals surface area contributed by atoms with E-state index in [9.17, 15) is 9.59 Å². The number of aromatic nitrogens is 2. The summed E-state index contributed by atoms with van der Waals surface area (Å²) in [6, 6.07) is 3.38. The van der Waals surface area contributed by atoms with Crippen LogP contribution in [-0.2, 0) is 4.79 Å². The molecule has 1 aliphatic heterocycles. The lowest BCUT2D eigenvalue weighted by atomic mass is 9.95. The van der Waals surface area contributed by atoms with E-state index in [-0.39, 0.29) is 23.9 Å². The zero-order valence-electron chi connectivity index (χ0n) is 11.4. The summed E-state index contributed by atoms with van der Waals surface area (Å²) >= 11 is 0. The highest BCUT2D eigenvalue weighted by atomic mass is 16.4. The first-order valence-corrected chi connectivity index (χ1v) is 6.62. The van der Waals surface area contributed by atoms with Crippen molar-refractivity contribution in [3.63, 3.8) is 0 Å². The lowest BCUT2D eigenvalue weighted by Crippen LogP contribution is -2.37. The van der Waals surface area contributed by atoms with Crippen molar-refractivity contribution in [2.75, 3.05) is 25.0 Å². The third-order valence-electron chi connectivity index (χ3n) is 3.42. The average molecular weight is 278 g/mol. The van der Waals surface area contributed by atoms with Crippen molar-refractivity contribution in [1.29, 1.82) is 0 Å². The van der Waals surface area contributed by atoms with Gasteiger partial charge >= 0.3 is 5.97 Å². The Kier molecular flexibility index (Phi) is 4.49. The molecule has 1 aromatic heterocycles. The molecule has 0 radical (unpaired) electrons. The van der Waals surface area contributed by atoms with Gasteiger partial charge < -0.3 is 15.3 Å². The number of carboxylic acid groups (broad SMARTS) is 1. The lowest BCUT2D eigenvalue weighted by molar-refractivity contribution is -0.138. The fourth-order valence-electron chi connectivity index (χ4n) is 2.43. The second-order valence-corrected chi connectivity index (χ2v) is 4.91. The molecular formula is C13H18N4O3. The van der Waals surface area contributed by atoms with Crippen molar-refractivity contribution < 1.29 is 14.7 Å². The highest BCUT2D eigenvalue weighted by Gasteiger charge is 2.23. The SMILES string of the molecule is CNC(=O)c1ccc(N2CCCC(CC(=O)O)C2)nn1. The summed E-state index contributed by atoms with van der Waals surface area (Å²) in [5, 5.41) is 19.3. The summed E-state index contributed by atoms with van der Waals surface area (Å²) in [6.07, 6.45) is 2.05. The van der Waals surface area contributed by atoms with Gasteiger partial charge in [-0.15, -0.1) is 10.2 Å². The van der Waals surface area contributed by atoms with Gasteiger partial charge in [0.1, 0.15) is 0 Å². The Labute approximate surface area is 117 Å². The molecular weight excluding hydrogens is 260 g/mol. The van der Waals surface area contributed by atoms with Crippen LogP contribution in [0, 0.1) is 5.92 Å². The van der Waals surface area contributed by atoms with Crippen LogP contribution in [-0.4, -0.2) is 47.3 Å². The van der Waals surface area contributed by atoms with Crippen LogP contribution < -0.4 is 10.2 Å². The number of hydrogen-bond acceptors (Lipinski definition) is 5. The summed E-state index contributed by atoms with van der Waals surface area (Å²) in [6.45, 7) is 1.50. The molecule has 108 valence electrons. The third kappa shape index (κ3) is 3.43. The summed E-state index contributed by atoms with van der Waals surface area (Å²) in [5.74, 6) is -0.209. The molecule has 0 aliphatic carbocycles. The fourth-order valence-corrected chi connectivity index (χ4v) is 2.43. The van der Waals surface area contributed by atoms with Gasteiger partial charge in [-0.1, -0.05) is 0 Å². The van der Waals surface area contributed by atoms with E-state index < -0.39 is 5.97 Å². The first-order chi connectivity index (χ1) is 9.60. The average Bonchev–Trinajstić information content (AvgIpc) is 2.46. The second kappa shape index (κ2) is 6.31. The van der Waals surface area contributed by atoms with Gasteiger partial charge in [0.25, 0.3) is 5.91 Å². The number of piperidine rings is 1. The standard InChI is InChI=1S/C13H18N4O3/c1-14-13(20)10-4-5-11(16-15-10)17-6-2-3-9(8-17)7-12(18)19/h4-5,9H,2-3,6-8H2,1H3,(H,14,20)(H,18,19). The Balaban J connectivity index is 2.03. The number of nitrogens with one attached hydrogen (secondary N) is 1. The van der Waals surface area contributed by atoms with Gasteiger partial charge in [0.15, 0.2) is 11.5 Å². The minimum absolute atomic E-state index is 0.140. The van der Waals surface area contributed by atoms with Crippen molar-refractivity contribution in [1.82, 2.24) is 15.5 Å². The Hall–Kier alpha value is -2.18. The van der Waals surface area contributed by atoms with Crippen molar-refractivity contribution in [2.24, 2.45) is 5.92 Å². The summed E-state index contributed by atoms with van der Waals surface area (Å²) in [7, 11) is 1.54. The molecule has 1 aliphatic rings. The maximum Gasteiger partial charge on any atom is 0.303 e. The number of anilines is 1. The molecule has 0 aromatic carbocycles. The monoisotopic (exact) mass is 278 g/mol. The van der Waals surface area contributed by atoms with Gasteiger partial charge in [-0.2, -0.15) is 0 Å². The quantitative estimate of drug-likeness (QED) is 0.834. The van der Waals surface area contributed by atoms with Gasteiger partial charge in [0.05, 0.1) is 0 Å². The first-order valence-electron chi connectivity index (χ1n) is 6.62. The summed E-state index contributed by atoms with van der Waals surface area (Å²) < 4.78 is 0. The number of hydrogen-bond donors (Lipinski definition) is 2. The van der Waals surface area contributed by atoms with E-state index in [1.54, 1.807) is 19.2 Å². The predicted molar refractivity (Wildman–Crippen MR) is 72.6 cm³/mol. The Morgan fingerprint density at radius 2 is 2.25 bits per heavy atom. The van der Waals surface area contributed by atoms with E-state index in [0.717, 1.165) is 19.4 Å². The van der Waals surface area contributed by atoms with Crippen LogP contribution in [0.4, 0.5) is 5.82 Å². The molecule has 1 fully saturated rings. The van der Waals surface area contributed by atoms with Crippen LogP contribution in [0.2, 0.25) is 0 Å². The fraction of sp³-hybridized carbons (Fsp3) is 0.538. The minimum Gasteiger partial charge on any atom is -0.481 e. The molecule has 0 saturated carbocycles. The lowest BCUT2D eigenvalue weighted by Gasteiger charge is -2.32. The molecule has 7 nitrogen and oxygen atoms in total. The van der Waals surface area contributed by atoms with Crippen molar-refractivity contribution in [2.45, 2.75) is 19.3 Å². The maximum absolute atomic E-state index is 11.4. The van der Waals surface area contributed by atoms with E-state index in [1.807, 2.05) is 4.90 Å². The largest absolute Gasteiger partial charge is 0.481 e. The normalized spacial score (nSPS) is 18.6. The number of carboxylic acids is 1. The zero-order chi connectivity index (χ0) is 14.5. The van der Waals surface area contributed by atoms with Crippen LogP contribution in [0.5, 0.6) is 0 Å². The summed E-state index contributed by atoms with van der Waals surface area (Å²) in [4.78, 5) is 24.2. The van der Waals surface area contributed by atoms with Gasteiger partial charge in [0.2, 0.25) is 0 Å². The predicted octanol–water partition coefficient (Wildman–Crippen LogP) is 0.527. The van der Waals surface area contributed by atoms with Gasteiger partial charge in [-0.3, -0.25) is 9.59 Å². The number of aliphatic carboxylic acids is 1. The van der Waals surface area contributed by atoms with Crippen LogP contribution in [0.15, 0.2) is 12.1 Å². The Bertz CT molecular complexity index is 489. The van der Waals surface area contributed by atoms with Crippen LogP contribution in [0.25, 0.3) is 0 Å². The Morgan fingerprint density at radius 1 is 1.45 bits per heavy atom. The highest BCUT2D eigenvalue weighted by Crippen LogP contribution is 2.23. The highest BCUT2D eigenvalue weighted by molar-refractivity contribution is 5.91. The van der Waals surface area contributed by atoms with Gasteiger partial charge in [-0.05, 0) is 30.9 Å². The van der Waals surface area contributed by atoms with Gasteiger partial charge in [-0.25, -0.2) is 0 Å². The van der Waals surface area contributed by atoms with Gasteiger partial charge in [0, 0.05) is 26.6 Å². The van der Waals surface area contributed by atoms with Crippen LogP contribution >= 0.6 is 0 Å². The van der Waals surface area contributed by atoms with E-state index >= 15 is 0 Å². The molecule has 0 spiro atoms. The zero-order valence-corrected chi connectivity index (χ0v) is 11.4. The number of nitrogens with zero attached hydrogens (tertiary/aromatic N) is 3. The minimum atomic E-state index is -0.766. The molecule has 1 aromatic rings. The maximum atomic E-state index is 11.4. The van der Waals surface area contributed by atoms with E-state index in [2.05, 4.69) is 15.5 Å². The molecule has 1 amide bonds. The molecule has 2 heterocycles. The number of amides is 1. The molecule has 2 rings (SSSR count). The first kappa shape index (κ1) is 14.2. The number of carbonyl (C=O) groups excluding carboxylic acids is 1. The molecule has 2 N–H and O–H groups in total. The van der Waals surface area contributed by atoms with Crippen LogP contribution in [0.1, 0.15) is 29.8 Å². The Morgan fingerprint density at radius 3 is 2.85 bits per heavy atom. The van der Waals surface area contributed by atoms with E-state index in [0.29, 0.717) is 12.4 Å². The van der Waals surface area contributed by atoms with Crippen molar-refractivity contribution in [3.05, 3.63) is 17.8 Å². The molecule has 20 heavy (non-hydrogen) atoms. The molecule has 1 unspecified atom stereocenters. The van der Waals surface area contributed by atoms with Crippen molar-refractivity contribution >= 4 is 17.7 Å². The van der Waals surface area contributed by atoms with E-state index in [1.165, 1.54) is 0 Å². The third-order valence-corrected chi connectivity index (χ3v) is 3.42. The summed E-state index contributed by atoms with van der Waals surface area (Å²) in [5.41, 5.74) is 0.273. The molecule has 0 bridgehead atoms. The molecule has 1 atom stereocenters. The van der Waals surface area contributed by atoms with E-state index in [4.69, 9.17) is 5.11 Å². The second-order valence-electron chi connectivity index (χ2n) is 4.91. The molecule has 1 saturated heterocycles. The number of rotatable bonds is 4. The molecule has 7 heteroatoms. The topological polar surface area (TPSA) is 95.4 Å². The van der Waals surface area contributed by atoms with Crippen molar-refractivity contribution in [3.8, 4) is 0 Å². The smallest absolute Gasteiger partial charge is 0.303 e. The number of carbonyl (C=O) groups is 2. The van der Waals surface area contributed by atoms with Crippen LogP contribution in [0.3, 0.4) is 0 Å².